The Bertz CT molecular complexity index is 1190. The summed E-state index contributed by atoms with van der Waals surface area (Å²) in [6.45, 7) is 4.25. The molecule has 152 valence electrons. The third-order valence-corrected chi connectivity index (χ3v) is 4.92. The predicted octanol–water partition coefficient (Wildman–Crippen LogP) is 5.83. The van der Waals surface area contributed by atoms with Crippen molar-refractivity contribution in [1.82, 2.24) is 9.97 Å². The molecule has 6 heteroatoms. The number of hydrogen-bond donors (Lipinski definition) is 3. The molecule has 0 atom stereocenters. The van der Waals surface area contributed by atoms with Crippen LogP contribution in [0.2, 0.25) is 0 Å². The van der Waals surface area contributed by atoms with Gasteiger partial charge in [-0.3, -0.25) is 0 Å². The summed E-state index contributed by atoms with van der Waals surface area (Å²) in [6.07, 6.45) is 1.85. The summed E-state index contributed by atoms with van der Waals surface area (Å²) >= 11 is 0. The quantitative estimate of drug-likeness (QED) is 0.354. The number of nitrogens with two attached hydrogens (primary N) is 1. The summed E-state index contributed by atoms with van der Waals surface area (Å²) in [4.78, 5) is 9.23. The van der Waals surface area contributed by atoms with Crippen LogP contribution in [-0.4, -0.2) is 17.1 Å². The number of fused-ring (bicyclic) bond motifs is 1. The standard InChI is InChI=1S/C24H25N5O/c1-15(2)20-14-26-24(28-21-13-18(25)9-11-22(21)30-3)29-23(20)27-19-10-8-16-6-4-5-7-17(16)12-19/h4-15H,25H2,1-3H3,(H2,26,27,28,29). The first-order chi connectivity index (χ1) is 14.5. The van der Waals surface area contributed by atoms with Crippen LogP contribution in [0.1, 0.15) is 25.3 Å². The van der Waals surface area contributed by atoms with E-state index in [-0.39, 0.29) is 5.92 Å². The largest absolute Gasteiger partial charge is 0.495 e. The van der Waals surface area contributed by atoms with Gasteiger partial charge in [0.2, 0.25) is 5.95 Å². The highest BCUT2D eigenvalue weighted by atomic mass is 16.5. The molecule has 0 saturated carbocycles. The van der Waals surface area contributed by atoms with Crippen molar-refractivity contribution in [3.63, 3.8) is 0 Å². The number of rotatable bonds is 6. The monoisotopic (exact) mass is 399 g/mol. The van der Waals surface area contributed by atoms with Crippen LogP contribution in [0.4, 0.5) is 28.8 Å². The molecule has 0 aliphatic carbocycles. The van der Waals surface area contributed by atoms with E-state index in [1.165, 1.54) is 10.8 Å². The van der Waals surface area contributed by atoms with E-state index in [4.69, 9.17) is 15.5 Å². The first kappa shape index (κ1) is 19.5. The molecule has 0 bridgehead atoms. The van der Waals surface area contributed by atoms with E-state index < -0.39 is 0 Å². The Morgan fingerprint density at radius 3 is 2.50 bits per heavy atom. The number of methoxy groups -OCH3 is 1. The van der Waals surface area contributed by atoms with Crippen molar-refractivity contribution < 1.29 is 4.74 Å². The van der Waals surface area contributed by atoms with Gasteiger partial charge in [0.25, 0.3) is 0 Å². The maximum Gasteiger partial charge on any atom is 0.229 e. The zero-order valence-corrected chi connectivity index (χ0v) is 17.3. The fourth-order valence-corrected chi connectivity index (χ4v) is 3.32. The predicted molar refractivity (Wildman–Crippen MR) is 124 cm³/mol. The molecule has 3 aromatic carbocycles. The van der Waals surface area contributed by atoms with E-state index >= 15 is 0 Å². The number of ether oxygens (including phenoxy) is 1. The van der Waals surface area contributed by atoms with Gasteiger partial charge in [0.05, 0.1) is 12.8 Å². The van der Waals surface area contributed by atoms with E-state index in [0.717, 1.165) is 17.1 Å². The normalized spacial score (nSPS) is 10.9. The zero-order valence-electron chi connectivity index (χ0n) is 17.3. The topological polar surface area (TPSA) is 85.1 Å². The van der Waals surface area contributed by atoms with Crippen molar-refractivity contribution in [3.8, 4) is 5.75 Å². The molecular weight excluding hydrogens is 374 g/mol. The van der Waals surface area contributed by atoms with Crippen LogP contribution in [0.15, 0.2) is 66.9 Å². The van der Waals surface area contributed by atoms with Gasteiger partial charge in [0, 0.05) is 23.1 Å². The summed E-state index contributed by atoms with van der Waals surface area (Å²) in [6, 6.07) is 20.0. The second-order valence-electron chi connectivity index (χ2n) is 7.42. The highest BCUT2D eigenvalue weighted by Gasteiger charge is 2.13. The van der Waals surface area contributed by atoms with Crippen LogP contribution in [0.5, 0.6) is 5.75 Å². The summed E-state index contributed by atoms with van der Waals surface area (Å²) in [5.74, 6) is 2.17. The highest BCUT2D eigenvalue weighted by Crippen LogP contribution is 2.31. The fraction of sp³-hybridized carbons (Fsp3) is 0.167. The van der Waals surface area contributed by atoms with E-state index in [1.54, 1.807) is 19.2 Å². The lowest BCUT2D eigenvalue weighted by molar-refractivity contribution is 0.417. The van der Waals surface area contributed by atoms with Crippen LogP contribution in [0, 0.1) is 0 Å². The molecular formula is C24H25N5O. The molecule has 0 radical (unpaired) electrons. The van der Waals surface area contributed by atoms with Crippen LogP contribution >= 0.6 is 0 Å². The van der Waals surface area contributed by atoms with Crippen molar-refractivity contribution in [2.45, 2.75) is 19.8 Å². The molecule has 1 aromatic heterocycles. The summed E-state index contributed by atoms with van der Waals surface area (Å²) in [7, 11) is 1.62. The minimum Gasteiger partial charge on any atom is -0.495 e. The molecule has 4 N–H and O–H groups in total. The summed E-state index contributed by atoms with van der Waals surface area (Å²) in [5, 5.41) is 9.06. The molecule has 0 aliphatic rings. The molecule has 4 rings (SSSR count). The third kappa shape index (κ3) is 4.12. The maximum atomic E-state index is 5.93. The Balaban J connectivity index is 1.68. The summed E-state index contributed by atoms with van der Waals surface area (Å²) < 4.78 is 5.41. The smallest absolute Gasteiger partial charge is 0.229 e. The first-order valence-corrected chi connectivity index (χ1v) is 9.87. The van der Waals surface area contributed by atoms with Crippen molar-refractivity contribution in [3.05, 3.63) is 72.4 Å². The number of nitrogens with one attached hydrogen (secondary N) is 2. The number of aromatic nitrogens is 2. The van der Waals surface area contributed by atoms with Gasteiger partial charge >= 0.3 is 0 Å². The Hall–Kier alpha value is -3.80. The average Bonchev–Trinajstić information content (AvgIpc) is 2.74. The van der Waals surface area contributed by atoms with E-state index in [0.29, 0.717) is 23.1 Å². The van der Waals surface area contributed by atoms with Crippen LogP contribution in [0.25, 0.3) is 10.8 Å². The Morgan fingerprint density at radius 1 is 0.933 bits per heavy atom. The number of hydrogen-bond acceptors (Lipinski definition) is 6. The SMILES string of the molecule is COc1ccc(N)cc1Nc1ncc(C(C)C)c(Nc2ccc3ccccc3c2)n1. The van der Waals surface area contributed by atoms with E-state index in [9.17, 15) is 0 Å². The minimum absolute atomic E-state index is 0.268. The minimum atomic E-state index is 0.268. The van der Waals surface area contributed by atoms with E-state index in [2.05, 4.69) is 59.8 Å². The molecule has 0 spiro atoms. The Kier molecular flexibility index (Phi) is 5.39. The number of nitrogen functional groups attached to an aromatic ring is 1. The van der Waals surface area contributed by atoms with Gasteiger partial charge in [-0.05, 0) is 47.0 Å². The lowest BCUT2D eigenvalue weighted by Gasteiger charge is -2.16. The molecule has 6 nitrogen and oxygen atoms in total. The van der Waals surface area contributed by atoms with Gasteiger partial charge in [-0.2, -0.15) is 4.98 Å². The Labute approximate surface area is 176 Å². The molecule has 0 saturated heterocycles. The summed E-state index contributed by atoms with van der Waals surface area (Å²) in [5.41, 5.74) is 9.28. The number of benzene rings is 3. The lowest BCUT2D eigenvalue weighted by atomic mass is 10.1. The highest BCUT2D eigenvalue weighted by molar-refractivity contribution is 5.86. The van der Waals surface area contributed by atoms with Crippen LogP contribution in [0.3, 0.4) is 0 Å². The van der Waals surface area contributed by atoms with Gasteiger partial charge in [0.1, 0.15) is 11.6 Å². The Morgan fingerprint density at radius 2 is 1.73 bits per heavy atom. The zero-order chi connectivity index (χ0) is 21.1. The fourth-order valence-electron chi connectivity index (χ4n) is 3.32. The lowest BCUT2D eigenvalue weighted by Crippen LogP contribution is -2.06. The molecule has 0 fully saturated rings. The van der Waals surface area contributed by atoms with Crippen molar-refractivity contribution in [2.75, 3.05) is 23.5 Å². The van der Waals surface area contributed by atoms with E-state index in [1.807, 2.05) is 24.4 Å². The molecule has 4 aromatic rings. The molecule has 1 heterocycles. The first-order valence-electron chi connectivity index (χ1n) is 9.87. The second kappa shape index (κ2) is 8.29. The molecule has 0 unspecified atom stereocenters. The van der Waals surface area contributed by atoms with Crippen molar-refractivity contribution >= 4 is 39.6 Å². The van der Waals surface area contributed by atoms with Crippen molar-refractivity contribution in [2.24, 2.45) is 0 Å². The molecule has 30 heavy (non-hydrogen) atoms. The third-order valence-electron chi connectivity index (χ3n) is 4.92. The van der Waals surface area contributed by atoms with Crippen LogP contribution in [-0.2, 0) is 0 Å². The average molecular weight is 399 g/mol. The van der Waals surface area contributed by atoms with Gasteiger partial charge in [-0.15, -0.1) is 0 Å². The van der Waals surface area contributed by atoms with Crippen molar-refractivity contribution in [1.29, 1.82) is 0 Å². The number of nitrogens with zero attached hydrogens (tertiary/aromatic N) is 2. The van der Waals surface area contributed by atoms with Gasteiger partial charge in [-0.25, -0.2) is 4.98 Å². The van der Waals surface area contributed by atoms with Gasteiger partial charge in [0.15, 0.2) is 0 Å². The molecule has 0 amide bonds. The maximum absolute atomic E-state index is 5.93. The van der Waals surface area contributed by atoms with Gasteiger partial charge < -0.3 is 21.1 Å². The van der Waals surface area contributed by atoms with Crippen LogP contribution < -0.4 is 21.1 Å². The molecule has 0 aliphatic heterocycles. The van der Waals surface area contributed by atoms with Gasteiger partial charge in [-0.1, -0.05) is 44.2 Å². The number of anilines is 5. The second-order valence-corrected chi connectivity index (χ2v) is 7.42.